The van der Waals surface area contributed by atoms with E-state index in [9.17, 15) is 0 Å². The Kier molecular flexibility index (Phi) is 3.60. The first-order valence-electron chi connectivity index (χ1n) is 6.67. The number of rotatable bonds is 1. The molecule has 0 atom stereocenters. The van der Waals surface area contributed by atoms with Crippen LogP contribution in [0.25, 0.3) is 22.3 Å². The van der Waals surface area contributed by atoms with Crippen molar-refractivity contribution in [3.8, 4) is 11.4 Å². The number of hydrogen-bond acceptors (Lipinski definition) is 2. The number of hydrogen-bond donors (Lipinski definition) is 0. The highest BCUT2D eigenvalue weighted by atomic mass is 35.5. The molecule has 1 aromatic heterocycles. The van der Waals surface area contributed by atoms with E-state index in [0.717, 1.165) is 22.1 Å². The third-order valence-electron chi connectivity index (χ3n) is 3.47. The molecule has 0 amide bonds. The minimum Gasteiger partial charge on any atom is -0.226 e. The van der Waals surface area contributed by atoms with Gasteiger partial charge in [0.25, 0.3) is 0 Å². The second-order valence-corrected chi connectivity index (χ2v) is 6.06. The fourth-order valence-corrected chi connectivity index (χ4v) is 3.01. The van der Waals surface area contributed by atoms with E-state index < -0.39 is 0 Å². The summed E-state index contributed by atoms with van der Waals surface area (Å²) < 4.78 is 0. The molecular formula is C17H14Cl2N2. The molecule has 0 N–H and O–H groups in total. The molecule has 0 aliphatic carbocycles. The lowest BCUT2D eigenvalue weighted by atomic mass is 10.0. The second kappa shape index (κ2) is 5.28. The summed E-state index contributed by atoms with van der Waals surface area (Å²) in [5.41, 5.74) is 5.03. The Morgan fingerprint density at radius 1 is 0.857 bits per heavy atom. The van der Waals surface area contributed by atoms with Crippen LogP contribution in [-0.2, 0) is 0 Å². The van der Waals surface area contributed by atoms with Crippen molar-refractivity contribution in [1.82, 2.24) is 9.97 Å². The fraction of sp³-hybridized carbons (Fsp3) is 0.176. The normalized spacial score (nSPS) is 11.1. The van der Waals surface area contributed by atoms with E-state index in [1.807, 2.05) is 38.1 Å². The molecular weight excluding hydrogens is 303 g/mol. The van der Waals surface area contributed by atoms with Gasteiger partial charge in [0.2, 0.25) is 0 Å². The summed E-state index contributed by atoms with van der Waals surface area (Å²) in [6, 6.07) is 10.0. The molecule has 2 aromatic carbocycles. The fourth-order valence-electron chi connectivity index (χ4n) is 2.47. The van der Waals surface area contributed by atoms with Gasteiger partial charge in [-0.1, -0.05) is 47.0 Å². The first kappa shape index (κ1) is 14.3. The summed E-state index contributed by atoms with van der Waals surface area (Å²) in [4.78, 5) is 9.05. The lowest BCUT2D eigenvalue weighted by Gasteiger charge is -2.09. The van der Waals surface area contributed by atoms with E-state index in [4.69, 9.17) is 23.2 Å². The third kappa shape index (κ3) is 2.61. The maximum Gasteiger partial charge on any atom is 0.161 e. The molecule has 21 heavy (non-hydrogen) atoms. The molecule has 4 heteroatoms. The minimum atomic E-state index is 0.431. The highest BCUT2D eigenvalue weighted by Gasteiger charge is 2.12. The standard InChI is InChI=1S/C17H14Cl2N2/c1-9-4-5-12(11(3)6-9)17-20-15-13(16(19)21-17)7-10(2)8-14(15)18/h4-8H,1-3H3. The number of aromatic nitrogens is 2. The Morgan fingerprint density at radius 2 is 1.62 bits per heavy atom. The monoisotopic (exact) mass is 316 g/mol. The van der Waals surface area contributed by atoms with E-state index >= 15 is 0 Å². The van der Waals surface area contributed by atoms with Crippen LogP contribution in [0.4, 0.5) is 0 Å². The van der Waals surface area contributed by atoms with Crippen molar-refractivity contribution in [2.75, 3.05) is 0 Å². The summed E-state index contributed by atoms with van der Waals surface area (Å²) in [5, 5.41) is 1.82. The van der Waals surface area contributed by atoms with Gasteiger partial charge in [-0.3, -0.25) is 0 Å². The molecule has 0 aliphatic rings. The van der Waals surface area contributed by atoms with Gasteiger partial charge in [-0.2, -0.15) is 0 Å². The van der Waals surface area contributed by atoms with Gasteiger partial charge in [-0.05, 0) is 44.0 Å². The molecule has 2 nitrogen and oxygen atoms in total. The van der Waals surface area contributed by atoms with Crippen LogP contribution in [-0.4, -0.2) is 9.97 Å². The van der Waals surface area contributed by atoms with Crippen molar-refractivity contribution in [3.05, 3.63) is 57.2 Å². The van der Waals surface area contributed by atoms with Crippen LogP contribution in [0.15, 0.2) is 30.3 Å². The van der Waals surface area contributed by atoms with Gasteiger partial charge in [-0.15, -0.1) is 0 Å². The van der Waals surface area contributed by atoms with Gasteiger partial charge < -0.3 is 0 Å². The van der Waals surface area contributed by atoms with E-state index in [2.05, 4.69) is 23.0 Å². The number of fused-ring (bicyclic) bond motifs is 1. The van der Waals surface area contributed by atoms with Crippen molar-refractivity contribution in [3.63, 3.8) is 0 Å². The third-order valence-corrected chi connectivity index (χ3v) is 4.05. The highest BCUT2D eigenvalue weighted by molar-refractivity contribution is 6.38. The molecule has 106 valence electrons. The van der Waals surface area contributed by atoms with Crippen molar-refractivity contribution in [2.24, 2.45) is 0 Å². The molecule has 3 aromatic rings. The van der Waals surface area contributed by atoms with Crippen LogP contribution in [0, 0.1) is 20.8 Å². The molecule has 0 saturated carbocycles. The Morgan fingerprint density at radius 3 is 2.33 bits per heavy atom. The molecule has 0 saturated heterocycles. The van der Waals surface area contributed by atoms with Crippen LogP contribution in [0.1, 0.15) is 16.7 Å². The number of halogens is 2. The van der Waals surface area contributed by atoms with Gasteiger partial charge in [0.05, 0.1) is 10.5 Å². The largest absolute Gasteiger partial charge is 0.226 e. The van der Waals surface area contributed by atoms with Crippen molar-refractivity contribution < 1.29 is 0 Å². The Bertz CT molecular complexity index is 857. The van der Waals surface area contributed by atoms with Crippen molar-refractivity contribution >= 4 is 34.1 Å². The topological polar surface area (TPSA) is 25.8 Å². The molecule has 0 bridgehead atoms. The zero-order valence-electron chi connectivity index (χ0n) is 12.0. The maximum atomic E-state index is 6.33. The Hall–Kier alpha value is -1.64. The minimum absolute atomic E-state index is 0.431. The van der Waals surface area contributed by atoms with Gasteiger partial charge in [-0.25, -0.2) is 9.97 Å². The average molecular weight is 317 g/mol. The van der Waals surface area contributed by atoms with Gasteiger partial charge in [0, 0.05) is 10.9 Å². The lowest BCUT2D eigenvalue weighted by molar-refractivity contribution is 1.21. The summed E-state index contributed by atoms with van der Waals surface area (Å²) in [6.45, 7) is 6.07. The predicted octanol–water partition coefficient (Wildman–Crippen LogP) is 5.53. The first-order chi connectivity index (χ1) is 9.95. The molecule has 0 spiro atoms. The van der Waals surface area contributed by atoms with Crippen LogP contribution in [0.3, 0.4) is 0 Å². The van der Waals surface area contributed by atoms with E-state index in [1.54, 1.807) is 0 Å². The van der Waals surface area contributed by atoms with E-state index in [1.165, 1.54) is 5.56 Å². The molecule has 3 rings (SSSR count). The van der Waals surface area contributed by atoms with Crippen LogP contribution < -0.4 is 0 Å². The first-order valence-corrected chi connectivity index (χ1v) is 7.42. The van der Waals surface area contributed by atoms with Crippen molar-refractivity contribution in [1.29, 1.82) is 0 Å². The molecule has 1 heterocycles. The lowest BCUT2D eigenvalue weighted by Crippen LogP contribution is -1.95. The Balaban J connectivity index is 2.30. The second-order valence-electron chi connectivity index (χ2n) is 5.30. The van der Waals surface area contributed by atoms with Gasteiger partial charge in [0.1, 0.15) is 5.15 Å². The van der Waals surface area contributed by atoms with Crippen LogP contribution >= 0.6 is 23.2 Å². The molecule has 0 unspecified atom stereocenters. The van der Waals surface area contributed by atoms with Crippen molar-refractivity contribution in [2.45, 2.75) is 20.8 Å². The summed E-state index contributed by atoms with van der Waals surface area (Å²) >= 11 is 12.6. The Labute approximate surface area is 133 Å². The van der Waals surface area contributed by atoms with Crippen LogP contribution in [0.2, 0.25) is 10.2 Å². The maximum absolute atomic E-state index is 6.33. The molecule has 0 aliphatic heterocycles. The molecule has 0 fully saturated rings. The average Bonchev–Trinajstić information content (AvgIpc) is 2.40. The highest BCUT2D eigenvalue weighted by Crippen LogP contribution is 2.31. The predicted molar refractivity (Wildman–Crippen MR) is 89.2 cm³/mol. The van der Waals surface area contributed by atoms with Gasteiger partial charge in [0.15, 0.2) is 5.82 Å². The van der Waals surface area contributed by atoms with Crippen LogP contribution in [0.5, 0.6) is 0 Å². The summed E-state index contributed by atoms with van der Waals surface area (Å²) in [6.07, 6.45) is 0. The zero-order valence-corrected chi connectivity index (χ0v) is 13.5. The SMILES string of the molecule is Cc1ccc(-c2nc(Cl)c3cc(C)cc(Cl)c3n2)c(C)c1. The van der Waals surface area contributed by atoms with E-state index in [0.29, 0.717) is 21.5 Å². The van der Waals surface area contributed by atoms with Gasteiger partial charge >= 0.3 is 0 Å². The number of nitrogens with zero attached hydrogens (tertiary/aromatic N) is 2. The zero-order chi connectivity index (χ0) is 15.1. The summed E-state index contributed by atoms with van der Waals surface area (Å²) in [7, 11) is 0. The quantitative estimate of drug-likeness (QED) is 0.552. The van der Waals surface area contributed by atoms with E-state index in [-0.39, 0.29) is 0 Å². The number of benzene rings is 2. The summed E-state index contributed by atoms with van der Waals surface area (Å²) in [5.74, 6) is 0.607. The number of aryl methyl sites for hydroxylation is 3. The smallest absolute Gasteiger partial charge is 0.161 e. The molecule has 0 radical (unpaired) electrons.